The van der Waals surface area contributed by atoms with Gasteiger partial charge in [-0.15, -0.1) is 23.1 Å². The Morgan fingerprint density at radius 1 is 0.569 bits per heavy atom. The lowest BCUT2D eigenvalue weighted by Crippen LogP contribution is -2.26. The molecule has 0 saturated carbocycles. The molecule has 0 spiro atoms. The van der Waals surface area contributed by atoms with Gasteiger partial charge in [-0.25, -0.2) is 19.9 Å². The molecule has 0 amide bonds. The SMILES string of the molecule is CCC(CC)(c1ccc(-c2cc(-c3cccs3)nc(-c3ccccc3)n2)cc1)c1ccc(-c2cc(C3CC=CS3)nc(-c3ccccc3)n2)cc1. The van der Waals surface area contributed by atoms with Crippen LogP contribution in [0.3, 0.4) is 0 Å². The lowest BCUT2D eigenvalue weighted by Gasteiger charge is -2.33. The van der Waals surface area contributed by atoms with Crippen LogP contribution in [0, 0.1) is 0 Å². The predicted octanol–water partition coefficient (Wildman–Crippen LogP) is 12.5. The predicted molar refractivity (Wildman–Crippen MR) is 215 cm³/mol. The number of rotatable bonds is 10. The van der Waals surface area contributed by atoms with Gasteiger partial charge in [-0.05, 0) is 59.4 Å². The van der Waals surface area contributed by atoms with Gasteiger partial charge in [-0.3, -0.25) is 0 Å². The second kappa shape index (κ2) is 14.6. The molecule has 0 radical (unpaired) electrons. The minimum absolute atomic E-state index is 0.127. The minimum Gasteiger partial charge on any atom is -0.232 e. The Morgan fingerprint density at radius 2 is 1.12 bits per heavy atom. The van der Waals surface area contributed by atoms with Crippen molar-refractivity contribution >= 4 is 23.1 Å². The molecule has 4 nitrogen and oxygen atoms in total. The lowest BCUT2D eigenvalue weighted by atomic mass is 9.70. The lowest BCUT2D eigenvalue weighted by molar-refractivity contribution is 0.478. The van der Waals surface area contributed by atoms with Gasteiger partial charge in [-0.1, -0.05) is 135 Å². The zero-order valence-corrected chi connectivity index (χ0v) is 30.4. The highest BCUT2D eigenvalue weighted by Crippen LogP contribution is 2.42. The third-order valence-corrected chi connectivity index (χ3v) is 12.0. The van der Waals surface area contributed by atoms with Crippen molar-refractivity contribution in [2.24, 2.45) is 0 Å². The van der Waals surface area contributed by atoms with Crippen molar-refractivity contribution < 1.29 is 0 Å². The van der Waals surface area contributed by atoms with E-state index in [1.807, 2.05) is 48.2 Å². The summed E-state index contributed by atoms with van der Waals surface area (Å²) >= 11 is 3.53. The first-order valence-corrected chi connectivity index (χ1v) is 19.4. The van der Waals surface area contributed by atoms with E-state index in [4.69, 9.17) is 19.9 Å². The number of hydrogen-bond acceptors (Lipinski definition) is 6. The van der Waals surface area contributed by atoms with Crippen molar-refractivity contribution in [3.63, 3.8) is 0 Å². The maximum atomic E-state index is 5.07. The van der Waals surface area contributed by atoms with E-state index in [1.165, 1.54) is 11.1 Å². The van der Waals surface area contributed by atoms with Crippen molar-refractivity contribution in [1.29, 1.82) is 0 Å². The summed E-state index contributed by atoms with van der Waals surface area (Å²) in [6.07, 6.45) is 5.19. The normalized spacial score (nSPS) is 14.2. The number of thioether (sulfide) groups is 1. The van der Waals surface area contributed by atoms with Crippen molar-refractivity contribution in [1.82, 2.24) is 19.9 Å². The van der Waals surface area contributed by atoms with Crippen LogP contribution >= 0.6 is 23.1 Å². The van der Waals surface area contributed by atoms with Crippen LogP contribution in [0.1, 0.15) is 55.2 Å². The molecule has 8 rings (SSSR count). The molecular weight excluding hydrogens is 661 g/mol. The third kappa shape index (κ3) is 6.69. The van der Waals surface area contributed by atoms with Crippen LogP contribution < -0.4 is 0 Å². The fourth-order valence-corrected chi connectivity index (χ4v) is 8.67. The van der Waals surface area contributed by atoms with Crippen molar-refractivity contribution in [2.45, 2.75) is 43.8 Å². The molecule has 0 fully saturated rings. The van der Waals surface area contributed by atoms with Crippen LogP contribution in [-0.4, -0.2) is 19.9 Å². The molecule has 1 aliphatic heterocycles. The fraction of sp³-hybridized carbons (Fsp3) is 0.156. The quantitative estimate of drug-likeness (QED) is 0.142. The number of allylic oxidation sites excluding steroid dienone is 1. The number of benzene rings is 4. The molecular formula is C45H38N4S2. The summed E-state index contributed by atoms with van der Waals surface area (Å²) in [5.41, 5.74) is 10.6. The molecule has 51 heavy (non-hydrogen) atoms. The highest BCUT2D eigenvalue weighted by molar-refractivity contribution is 8.02. The first-order valence-electron chi connectivity index (χ1n) is 17.6. The number of thiophene rings is 1. The summed E-state index contributed by atoms with van der Waals surface area (Å²) < 4.78 is 0. The van der Waals surface area contributed by atoms with E-state index >= 15 is 0 Å². The molecule has 0 bridgehead atoms. The highest BCUT2D eigenvalue weighted by atomic mass is 32.2. The Bertz CT molecular complexity index is 2250. The average Bonchev–Trinajstić information content (AvgIpc) is 3.96. The monoisotopic (exact) mass is 698 g/mol. The Morgan fingerprint density at radius 3 is 1.63 bits per heavy atom. The molecule has 1 unspecified atom stereocenters. The fourth-order valence-electron chi connectivity index (χ4n) is 7.09. The van der Waals surface area contributed by atoms with Gasteiger partial charge in [0.15, 0.2) is 11.6 Å². The summed E-state index contributed by atoms with van der Waals surface area (Å²) in [7, 11) is 0. The van der Waals surface area contributed by atoms with Crippen LogP contribution in [0.2, 0.25) is 0 Å². The Balaban J connectivity index is 1.12. The first kappa shape index (κ1) is 33.0. The van der Waals surface area contributed by atoms with E-state index in [-0.39, 0.29) is 5.41 Å². The Hall–Kier alpha value is -5.17. The standard InChI is InChI=1S/C45H38N4S2/c1-3-45(4-2,35-23-19-31(20-24-35)37-29-39(41-17-11-27-50-41)48-43(46-37)33-13-7-5-8-14-33)36-25-21-32(22-26-36)38-30-40(42-18-12-28-51-42)49-44(47-38)34-15-9-6-10-16-34/h5-17,19-30,42H,3-4,18H2,1-2H3. The minimum atomic E-state index is -0.127. The topological polar surface area (TPSA) is 51.6 Å². The molecule has 7 aromatic rings. The third-order valence-electron chi connectivity index (χ3n) is 10.0. The molecule has 0 N–H and O–H groups in total. The van der Waals surface area contributed by atoms with Gasteiger partial charge in [0.1, 0.15) is 0 Å². The van der Waals surface area contributed by atoms with Gasteiger partial charge in [0, 0.05) is 27.7 Å². The molecule has 0 saturated heterocycles. The van der Waals surface area contributed by atoms with E-state index in [2.05, 4.69) is 128 Å². The maximum Gasteiger partial charge on any atom is 0.160 e. The summed E-state index contributed by atoms with van der Waals surface area (Å²) in [5.74, 6) is 1.51. The maximum absolute atomic E-state index is 5.07. The van der Waals surface area contributed by atoms with Gasteiger partial charge in [0.05, 0.1) is 32.9 Å². The molecule has 1 atom stereocenters. The summed E-state index contributed by atoms with van der Waals surface area (Å²) in [4.78, 5) is 21.2. The molecule has 6 heteroatoms. The van der Waals surface area contributed by atoms with E-state index in [1.54, 1.807) is 11.3 Å². The van der Waals surface area contributed by atoms with E-state index in [9.17, 15) is 0 Å². The van der Waals surface area contributed by atoms with Gasteiger partial charge >= 0.3 is 0 Å². The second-order valence-electron chi connectivity index (χ2n) is 12.8. The molecule has 4 heterocycles. The highest BCUT2D eigenvalue weighted by Gasteiger charge is 2.31. The van der Waals surface area contributed by atoms with E-state index in [0.717, 1.165) is 80.8 Å². The van der Waals surface area contributed by atoms with Gasteiger partial charge in [0.25, 0.3) is 0 Å². The number of nitrogens with zero attached hydrogens (tertiary/aromatic N) is 4. The summed E-state index contributed by atoms with van der Waals surface area (Å²) in [6, 6.07) is 47.1. The van der Waals surface area contributed by atoms with Gasteiger partial charge in [-0.2, -0.15) is 0 Å². The first-order chi connectivity index (χ1) is 25.1. The van der Waals surface area contributed by atoms with Gasteiger partial charge < -0.3 is 0 Å². The zero-order chi connectivity index (χ0) is 34.6. The zero-order valence-electron chi connectivity index (χ0n) is 28.7. The molecule has 0 aliphatic carbocycles. The molecule has 3 aromatic heterocycles. The Kier molecular flexibility index (Phi) is 9.44. The molecule has 1 aliphatic rings. The molecule has 4 aromatic carbocycles. The smallest absolute Gasteiger partial charge is 0.160 e. The number of aromatic nitrogens is 4. The van der Waals surface area contributed by atoms with Crippen LogP contribution in [0.4, 0.5) is 0 Å². The van der Waals surface area contributed by atoms with E-state index < -0.39 is 0 Å². The van der Waals surface area contributed by atoms with Crippen LogP contribution in [0.5, 0.6) is 0 Å². The van der Waals surface area contributed by atoms with Gasteiger partial charge in [0.2, 0.25) is 0 Å². The van der Waals surface area contributed by atoms with Crippen molar-refractivity contribution in [3.05, 3.63) is 167 Å². The molecule has 250 valence electrons. The van der Waals surface area contributed by atoms with Crippen molar-refractivity contribution in [2.75, 3.05) is 0 Å². The average molecular weight is 699 g/mol. The van der Waals surface area contributed by atoms with Crippen LogP contribution in [0.15, 0.2) is 150 Å². The largest absolute Gasteiger partial charge is 0.232 e. The second-order valence-corrected chi connectivity index (χ2v) is 14.9. The van der Waals surface area contributed by atoms with Crippen LogP contribution in [0.25, 0.3) is 55.9 Å². The van der Waals surface area contributed by atoms with E-state index in [0.29, 0.717) is 5.25 Å². The summed E-state index contributed by atoms with van der Waals surface area (Å²) in [5, 5.41) is 4.59. The summed E-state index contributed by atoms with van der Waals surface area (Å²) in [6.45, 7) is 4.59. The van der Waals surface area contributed by atoms with Crippen molar-refractivity contribution in [3.8, 4) is 55.9 Å². The van der Waals surface area contributed by atoms with Crippen LogP contribution in [-0.2, 0) is 5.41 Å². The Labute approximate surface area is 308 Å². The number of hydrogen-bond donors (Lipinski definition) is 0.